The van der Waals surface area contributed by atoms with Gasteiger partial charge in [0.05, 0.1) is 5.69 Å². The molecule has 0 atom stereocenters. The Morgan fingerprint density at radius 1 is 1.05 bits per heavy atom. The number of benzene rings is 2. The molecule has 2 aromatic carbocycles. The van der Waals surface area contributed by atoms with E-state index in [0.29, 0.717) is 12.2 Å². The predicted molar refractivity (Wildman–Crippen MR) is 82.3 cm³/mol. The Morgan fingerprint density at radius 2 is 1.80 bits per heavy atom. The summed E-state index contributed by atoms with van der Waals surface area (Å²) in [5.74, 6) is -0.182. The van der Waals surface area contributed by atoms with E-state index in [-0.39, 0.29) is 5.82 Å². The molecule has 0 saturated carbocycles. The lowest BCUT2D eigenvalue weighted by molar-refractivity contribution is 0.622. The zero-order chi connectivity index (χ0) is 14.4. The fraction of sp³-hybridized carbons (Fsp3) is 0.294. The molecule has 0 unspecified atom stereocenters. The first kappa shape index (κ1) is 14.5. The van der Waals surface area contributed by atoms with E-state index in [1.165, 1.54) is 17.2 Å². The third-order valence-electron chi connectivity index (χ3n) is 3.25. The third kappa shape index (κ3) is 3.81. The predicted octanol–water partition coefficient (Wildman–Crippen LogP) is 3.57. The second-order valence-electron chi connectivity index (χ2n) is 4.91. The van der Waals surface area contributed by atoms with Crippen molar-refractivity contribution in [2.75, 3.05) is 18.5 Å². The highest BCUT2D eigenvalue weighted by atomic mass is 19.1. The average Bonchev–Trinajstić information content (AvgIpc) is 2.46. The molecule has 0 saturated heterocycles. The Hall–Kier alpha value is -1.87. The smallest absolute Gasteiger partial charge is 0.146 e. The lowest BCUT2D eigenvalue weighted by Crippen LogP contribution is -2.18. The van der Waals surface area contributed by atoms with E-state index in [4.69, 9.17) is 0 Å². The Labute approximate surface area is 120 Å². The molecule has 0 aromatic heterocycles. The number of halogens is 1. The van der Waals surface area contributed by atoms with Crippen molar-refractivity contribution in [3.8, 4) is 0 Å². The van der Waals surface area contributed by atoms with Gasteiger partial charge in [0, 0.05) is 20.1 Å². The van der Waals surface area contributed by atoms with Gasteiger partial charge in [0.2, 0.25) is 0 Å². The number of nitrogens with one attached hydrogen (secondary N) is 1. The highest BCUT2D eigenvalue weighted by Gasteiger charge is 2.07. The van der Waals surface area contributed by atoms with Gasteiger partial charge < -0.3 is 10.2 Å². The molecule has 0 spiro atoms. The lowest BCUT2D eigenvalue weighted by atomic mass is 10.1. The molecule has 0 aliphatic rings. The largest absolute Gasteiger partial charge is 0.368 e. The van der Waals surface area contributed by atoms with Crippen LogP contribution in [0.4, 0.5) is 10.1 Å². The minimum atomic E-state index is -0.182. The standard InChI is InChI=1S/C17H21FN2/c1-3-19-12-14-7-6-8-15(11-14)13-20(2)17-10-5-4-9-16(17)18/h4-11,19H,3,12-13H2,1-2H3. The molecule has 106 valence electrons. The third-order valence-corrected chi connectivity index (χ3v) is 3.25. The summed E-state index contributed by atoms with van der Waals surface area (Å²) in [5, 5.41) is 3.31. The molecule has 2 nitrogen and oxygen atoms in total. The molecule has 1 N–H and O–H groups in total. The van der Waals surface area contributed by atoms with Crippen LogP contribution in [0.5, 0.6) is 0 Å². The van der Waals surface area contributed by atoms with Crippen molar-refractivity contribution in [1.29, 1.82) is 0 Å². The molecule has 0 bridgehead atoms. The molecule has 0 heterocycles. The molecule has 0 radical (unpaired) electrons. The van der Waals surface area contributed by atoms with Gasteiger partial charge in [-0.15, -0.1) is 0 Å². The molecule has 2 rings (SSSR count). The zero-order valence-corrected chi connectivity index (χ0v) is 12.1. The second-order valence-corrected chi connectivity index (χ2v) is 4.91. The molecular formula is C17H21FN2. The van der Waals surface area contributed by atoms with E-state index in [1.807, 2.05) is 18.0 Å². The highest BCUT2D eigenvalue weighted by Crippen LogP contribution is 2.19. The number of anilines is 1. The zero-order valence-electron chi connectivity index (χ0n) is 12.1. The van der Waals surface area contributed by atoms with E-state index < -0.39 is 0 Å². The normalized spacial score (nSPS) is 10.6. The van der Waals surface area contributed by atoms with Gasteiger partial charge in [-0.05, 0) is 29.8 Å². The molecule has 3 heteroatoms. The van der Waals surface area contributed by atoms with Crippen molar-refractivity contribution in [2.24, 2.45) is 0 Å². The van der Waals surface area contributed by atoms with Crippen LogP contribution in [0, 0.1) is 5.82 Å². The van der Waals surface area contributed by atoms with E-state index in [9.17, 15) is 4.39 Å². The summed E-state index contributed by atoms with van der Waals surface area (Å²) < 4.78 is 13.7. The number of para-hydroxylation sites is 1. The maximum Gasteiger partial charge on any atom is 0.146 e. The first-order valence-electron chi connectivity index (χ1n) is 6.95. The average molecular weight is 272 g/mol. The minimum absolute atomic E-state index is 0.182. The minimum Gasteiger partial charge on any atom is -0.368 e. The van der Waals surface area contributed by atoms with Gasteiger partial charge in [-0.1, -0.05) is 43.3 Å². The van der Waals surface area contributed by atoms with Crippen LogP contribution in [-0.4, -0.2) is 13.6 Å². The maximum atomic E-state index is 13.7. The number of nitrogens with zero attached hydrogens (tertiary/aromatic N) is 1. The van der Waals surface area contributed by atoms with Crippen LogP contribution in [0.2, 0.25) is 0 Å². The van der Waals surface area contributed by atoms with E-state index in [1.54, 1.807) is 12.1 Å². The van der Waals surface area contributed by atoms with Crippen molar-refractivity contribution in [3.05, 3.63) is 65.5 Å². The number of hydrogen-bond acceptors (Lipinski definition) is 2. The Morgan fingerprint density at radius 3 is 2.55 bits per heavy atom. The first-order valence-corrected chi connectivity index (χ1v) is 6.95. The van der Waals surface area contributed by atoms with Crippen LogP contribution < -0.4 is 10.2 Å². The molecule has 0 aliphatic heterocycles. The van der Waals surface area contributed by atoms with Crippen LogP contribution >= 0.6 is 0 Å². The summed E-state index contributed by atoms with van der Waals surface area (Å²) in [6.07, 6.45) is 0. The van der Waals surface area contributed by atoms with Gasteiger partial charge in [0.15, 0.2) is 0 Å². The van der Waals surface area contributed by atoms with Gasteiger partial charge >= 0.3 is 0 Å². The maximum absolute atomic E-state index is 13.7. The van der Waals surface area contributed by atoms with Crippen molar-refractivity contribution in [2.45, 2.75) is 20.0 Å². The first-order chi connectivity index (χ1) is 9.70. The molecule has 0 amide bonds. The van der Waals surface area contributed by atoms with Crippen LogP contribution in [0.3, 0.4) is 0 Å². The van der Waals surface area contributed by atoms with Gasteiger partial charge in [0.1, 0.15) is 5.82 Å². The highest BCUT2D eigenvalue weighted by molar-refractivity contribution is 5.47. The van der Waals surface area contributed by atoms with Crippen LogP contribution in [0.1, 0.15) is 18.1 Å². The summed E-state index contributed by atoms with van der Waals surface area (Å²) in [6.45, 7) is 4.61. The van der Waals surface area contributed by atoms with E-state index >= 15 is 0 Å². The fourth-order valence-corrected chi connectivity index (χ4v) is 2.23. The van der Waals surface area contributed by atoms with Crippen LogP contribution in [0.25, 0.3) is 0 Å². The summed E-state index contributed by atoms with van der Waals surface area (Å²) in [7, 11) is 1.91. The van der Waals surface area contributed by atoms with Crippen molar-refractivity contribution in [1.82, 2.24) is 5.32 Å². The number of hydrogen-bond donors (Lipinski definition) is 1. The van der Waals surface area contributed by atoms with Gasteiger partial charge in [0.25, 0.3) is 0 Å². The topological polar surface area (TPSA) is 15.3 Å². The van der Waals surface area contributed by atoms with E-state index in [0.717, 1.165) is 13.1 Å². The molecule has 0 aliphatic carbocycles. The Bertz CT molecular complexity index is 554. The van der Waals surface area contributed by atoms with Crippen LogP contribution in [-0.2, 0) is 13.1 Å². The summed E-state index contributed by atoms with van der Waals surface area (Å²) in [4.78, 5) is 1.93. The van der Waals surface area contributed by atoms with Crippen molar-refractivity contribution >= 4 is 5.69 Å². The molecular weight excluding hydrogens is 251 g/mol. The van der Waals surface area contributed by atoms with Crippen LogP contribution in [0.15, 0.2) is 48.5 Å². The Kier molecular flexibility index (Phi) is 5.13. The monoisotopic (exact) mass is 272 g/mol. The molecule has 20 heavy (non-hydrogen) atoms. The SMILES string of the molecule is CCNCc1cccc(CN(C)c2ccccc2F)c1. The summed E-state index contributed by atoms with van der Waals surface area (Å²) >= 11 is 0. The summed E-state index contributed by atoms with van der Waals surface area (Å²) in [5.41, 5.74) is 3.07. The summed E-state index contributed by atoms with van der Waals surface area (Å²) in [6, 6.07) is 15.3. The van der Waals surface area contributed by atoms with Gasteiger partial charge in [-0.25, -0.2) is 4.39 Å². The van der Waals surface area contributed by atoms with Crippen molar-refractivity contribution < 1.29 is 4.39 Å². The molecule has 0 fully saturated rings. The van der Waals surface area contributed by atoms with Crippen molar-refractivity contribution in [3.63, 3.8) is 0 Å². The van der Waals surface area contributed by atoms with E-state index in [2.05, 4.69) is 36.5 Å². The second kappa shape index (κ2) is 7.06. The lowest BCUT2D eigenvalue weighted by Gasteiger charge is -2.20. The Balaban J connectivity index is 2.08. The molecule has 2 aromatic rings. The number of rotatable bonds is 6. The fourth-order valence-electron chi connectivity index (χ4n) is 2.23. The quantitative estimate of drug-likeness (QED) is 0.865. The van der Waals surface area contributed by atoms with Gasteiger partial charge in [-0.3, -0.25) is 0 Å². The van der Waals surface area contributed by atoms with Gasteiger partial charge in [-0.2, -0.15) is 0 Å².